The third-order valence-corrected chi connectivity index (χ3v) is 2.87. The number of para-hydroxylation sites is 1. The molecule has 0 heterocycles. The predicted molar refractivity (Wildman–Crippen MR) is 70.1 cm³/mol. The monoisotopic (exact) mass is 265 g/mol. The van der Waals surface area contributed by atoms with Gasteiger partial charge in [-0.1, -0.05) is 35.9 Å². The standard InChI is InChI=1S/C14H13ClFNO/c15-12-6-5-10(13(16)7-12)8-17-9-11-3-1-2-4-14(11)18/h1-7,17-18H,8-9H2. The molecule has 2 nitrogen and oxygen atoms in total. The molecule has 0 radical (unpaired) electrons. The lowest BCUT2D eigenvalue weighted by molar-refractivity contribution is 0.464. The van der Waals surface area contributed by atoms with Gasteiger partial charge in [0.1, 0.15) is 11.6 Å². The highest BCUT2D eigenvalue weighted by atomic mass is 35.5. The molecule has 0 aliphatic heterocycles. The van der Waals surface area contributed by atoms with Gasteiger partial charge in [0, 0.05) is 29.2 Å². The predicted octanol–water partition coefficient (Wildman–Crippen LogP) is 3.47. The first-order valence-corrected chi connectivity index (χ1v) is 5.96. The first-order chi connectivity index (χ1) is 8.66. The molecule has 4 heteroatoms. The molecule has 0 saturated heterocycles. The van der Waals surface area contributed by atoms with Crippen LogP contribution < -0.4 is 5.32 Å². The van der Waals surface area contributed by atoms with Crippen molar-refractivity contribution in [2.45, 2.75) is 13.1 Å². The summed E-state index contributed by atoms with van der Waals surface area (Å²) in [5, 5.41) is 13.0. The van der Waals surface area contributed by atoms with Gasteiger partial charge in [0.15, 0.2) is 0 Å². The number of rotatable bonds is 4. The summed E-state index contributed by atoms with van der Waals surface area (Å²) in [6.07, 6.45) is 0. The first kappa shape index (κ1) is 12.9. The van der Waals surface area contributed by atoms with E-state index < -0.39 is 0 Å². The van der Waals surface area contributed by atoms with Crippen LogP contribution in [0.1, 0.15) is 11.1 Å². The van der Waals surface area contributed by atoms with Crippen LogP contribution in [0.3, 0.4) is 0 Å². The summed E-state index contributed by atoms with van der Waals surface area (Å²) in [5.41, 5.74) is 1.33. The maximum absolute atomic E-state index is 13.5. The number of hydrogen-bond acceptors (Lipinski definition) is 2. The van der Waals surface area contributed by atoms with Gasteiger partial charge < -0.3 is 10.4 Å². The van der Waals surface area contributed by atoms with Crippen molar-refractivity contribution in [3.63, 3.8) is 0 Å². The highest BCUT2D eigenvalue weighted by Crippen LogP contribution is 2.16. The molecule has 2 rings (SSSR count). The molecule has 0 unspecified atom stereocenters. The van der Waals surface area contributed by atoms with Crippen LogP contribution >= 0.6 is 11.6 Å². The number of phenols is 1. The zero-order chi connectivity index (χ0) is 13.0. The summed E-state index contributed by atoms with van der Waals surface area (Å²) < 4.78 is 13.5. The minimum absolute atomic E-state index is 0.238. The Labute approximate surface area is 110 Å². The van der Waals surface area contributed by atoms with Crippen LogP contribution in [0.25, 0.3) is 0 Å². The molecule has 0 spiro atoms. The maximum atomic E-state index is 13.5. The Morgan fingerprint density at radius 3 is 2.50 bits per heavy atom. The topological polar surface area (TPSA) is 32.3 Å². The minimum Gasteiger partial charge on any atom is -0.508 e. The Bertz CT molecular complexity index is 545. The van der Waals surface area contributed by atoms with E-state index in [1.165, 1.54) is 6.07 Å². The van der Waals surface area contributed by atoms with Gasteiger partial charge in [0.25, 0.3) is 0 Å². The Balaban J connectivity index is 1.95. The van der Waals surface area contributed by atoms with Gasteiger partial charge in [-0.2, -0.15) is 0 Å². The van der Waals surface area contributed by atoms with E-state index in [-0.39, 0.29) is 11.6 Å². The Morgan fingerprint density at radius 2 is 1.78 bits per heavy atom. The molecule has 0 atom stereocenters. The van der Waals surface area contributed by atoms with Crippen molar-refractivity contribution < 1.29 is 9.50 Å². The lowest BCUT2D eigenvalue weighted by Gasteiger charge is -2.07. The second-order valence-corrected chi connectivity index (χ2v) is 4.40. The van der Waals surface area contributed by atoms with Crippen LogP contribution in [0.5, 0.6) is 5.75 Å². The molecule has 0 aromatic heterocycles. The van der Waals surface area contributed by atoms with Gasteiger partial charge >= 0.3 is 0 Å². The van der Waals surface area contributed by atoms with Crippen molar-refractivity contribution in [3.8, 4) is 5.75 Å². The van der Waals surface area contributed by atoms with Crippen molar-refractivity contribution in [2.75, 3.05) is 0 Å². The van der Waals surface area contributed by atoms with E-state index in [4.69, 9.17) is 11.6 Å². The fraction of sp³-hybridized carbons (Fsp3) is 0.143. The third kappa shape index (κ3) is 3.22. The molecule has 94 valence electrons. The first-order valence-electron chi connectivity index (χ1n) is 5.58. The van der Waals surface area contributed by atoms with Crippen molar-refractivity contribution in [3.05, 3.63) is 64.4 Å². The van der Waals surface area contributed by atoms with Crippen molar-refractivity contribution in [1.29, 1.82) is 0 Å². The Hall–Kier alpha value is -1.58. The summed E-state index contributed by atoms with van der Waals surface area (Å²) >= 11 is 5.67. The Kier molecular flexibility index (Phi) is 4.18. The largest absolute Gasteiger partial charge is 0.508 e. The molecule has 0 saturated carbocycles. The quantitative estimate of drug-likeness (QED) is 0.887. The molecule has 18 heavy (non-hydrogen) atoms. The molecule has 2 aromatic carbocycles. The van der Waals surface area contributed by atoms with Gasteiger partial charge in [-0.05, 0) is 18.2 Å². The van der Waals surface area contributed by atoms with Crippen LogP contribution in [0.4, 0.5) is 4.39 Å². The lowest BCUT2D eigenvalue weighted by atomic mass is 10.2. The van der Waals surface area contributed by atoms with E-state index in [0.29, 0.717) is 23.7 Å². The van der Waals surface area contributed by atoms with E-state index in [9.17, 15) is 9.50 Å². The van der Waals surface area contributed by atoms with E-state index in [1.54, 1.807) is 24.3 Å². The van der Waals surface area contributed by atoms with Crippen LogP contribution in [0.2, 0.25) is 5.02 Å². The van der Waals surface area contributed by atoms with Crippen LogP contribution in [-0.2, 0) is 13.1 Å². The highest BCUT2D eigenvalue weighted by Gasteiger charge is 2.03. The van der Waals surface area contributed by atoms with E-state index in [1.807, 2.05) is 12.1 Å². The van der Waals surface area contributed by atoms with Gasteiger partial charge in [-0.15, -0.1) is 0 Å². The average Bonchev–Trinajstić information content (AvgIpc) is 2.34. The summed E-state index contributed by atoms with van der Waals surface area (Å²) in [7, 11) is 0. The molecule has 2 N–H and O–H groups in total. The molecule has 0 bridgehead atoms. The second kappa shape index (κ2) is 5.85. The molecule has 0 aliphatic rings. The third-order valence-electron chi connectivity index (χ3n) is 2.64. The maximum Gasteiger partial charge on any atom is 0.129 e. The van der Waals surface area contributed by atoms with Crippen molar-refractivity contribution in [2.24, 2.45) is 0 Å². The summed E-state index contributed by atoms with van der Waals surface area (Å²) in [6, 6.07) is 11.6. The number of phenolic OH excluding ortho intramolecular Hbond substituents is 1. The zero-order valence-electron chi connectivity index (χ0n) is 9.66. The van der Waals surface area contributed by atoms with E-state index in [2.05, 4.69) is 5.32 Å². The minimum atomic E-state index is -0.327. The van der Waals surface area contributed by atoms with Gasteiger partial charge in [0.05, 0.1) is 0 Å². The summed E-state index contributed by atoms with van der Waals surface area (Å²) in [5.74, 6) is -0.0890. The van der Waals surface area contributed by atoms with Gasteiger partial charge in [-0.25, -0.2) is 4.39 Å². The zero-order valence-corrected chi connectivity index (χ0v) is 10.4. The van der Waals surface area contributed by atoms with Crippen LogP contribution in [0.15, 0.2) is 42.5 Å². The normalized spacial score (nSPS) is 10.6. The molecule has 0 amide bonds. The van der Waals surface area contributed by atoms with E-state index in [0.717, 1.165) is 5.56 Å². The van der Waals surface area contributed by atoms with Gasteiger partial charge in [0.2, 0.25) is 0 Å². The van der Waals surface area contributed by atoms with Gasteiger partial charge in [-0.3, -0.25) is 0 Å². The average molecular weight is 266 g/mol. The number of halogens is 2. The number of benzene rings is 2. The Morgan fingerprint density at radius 1 is 1.06 bits per heavy atom. The molecular weight excluding hydrogens is 253 g/mol. The fourth-order valence-corrected chi connectivity index (χ4v) is 1.82. The summed E-state index contributed by atoms with van der Waals surface area (Å²) in [6.45, 7) is 0.867. The molecular formula is C14H13ClFNO. The highest BCUT2D eigenvalue weighted by molar-refractivity contribution is 6.30. The second-order valence-electron chi connectivity index (χ2n) is 3.97. The smallest absolute Gasteiger partial charge is 0.129 e. The lowest BCUT2D eigenvalue weighted by Crippen LogP contribution is -2.13. The number of nitrogens with one attached hydrogen (secondary N) is 1. The number of aromatic hydroxyl groups is 1. The van der Waals surface area contributed by atoms with Crippen LogP contribution in [-0.4, -0.2) is 5.11 Å². The molecule has 0 aliphatic carbocycles. The summed E-state index contributed by atoms with van der Waals surface area (Å²) in [4.78, 5) is 0. The SMILES string of the molecule is Oc1ccccc1CNCc1ccc(Cl)cc1F. The number of hydrogen-bond donors (Lipinski definition) is 2. The molecule has 2 aromatic rings. The van der Waals surface area contributed by atoms with Crippen molar-refractivity contribution in [1.82, 2.24) is 5.32 Å². The fourth-order valence-electron chi connectivity index (χ4n) is 1.66. The molecule has 0 fully saturated rings. The van der Waals surface area contributed by atoms with Crippen molar-refractivity contribution >= 4 is 11.6 Å². The van der Waals surface area contributed by atoms with Crippen LogP contribution in [0, 0.1) is 5.82 Å². The van der Waals surface area contributed by atoms with E-state index >= 15 is 0 Å².